The number of anilines is 1. The van der Waals surface area contributed by atoms with Gasteiger partial charge < -0.3 is 15.4 Å². The summed E-state index contributed by atoms with van der Waals surface area (Å²) in [5, 5.41) is 5.36. The molecule has 0 fully saturated rings. The molecule has 0 aromatic heterocycles. The zero-order valence-corrected chi connectivity index (χ0v) is 14.1. The Morgan fingerprint density at radius 3 is 2.42 bits per heavy atom. The van der Waals surface area contributed by atoms with Crippen molar-refractivity contribution in [2.75, 3.05) is 12.4 Å². The Kier molecular flexibility index (Phi) is 5.95. The summed E-state index contributed by atoms with van der Waals surface area (Å²) in [6, 6.07) is 14.4. The Hall–Kier alpha value is -2.82. The van der Waals surface area contributed by atoms with E-state index < -0.39 is 6.10 Å². The van der Waals surface area contributed by atoms with E-state index in [9.17, 15) is 9.59 Å². The van der Waals surface area contributed by atoms with Crippen LogP contribution < -0.4 is 15.4 Å². The van der Waals surface area contributed by atoms with E-state index in [1.807, 2.05) is 38.1 Å². The molecule has 126 valence electrons. The van der Waals surface area contributed by atoms with E-state index in [4.69, 9.17) is 4.74 Å². The largest absolute Gasteiger partial charge is 0.480 e. The molecule has 0 bridgehead atoms. The summed E-state index contributed by atoms with van der Waals surface area (Å²) in [5.74, 6) is 0.148. The van der Waals surface area contributed by atoms with E-state index in [1.54, 1.807) is 31.3 Å². The standard InChI is InChI=1S/C19H22N2O3/c1-4-16(24-17-12-8-5-9-13(17)2)19(23)21-15-11-7-6-10-14(15)18(22)20-3/h5-12,16H,4H2,1-3H3,(H,20,22)(H,21,23). The summed E-state index contributed by atoms with van der Waals surface area (Å²) >= 11 is 0. The minimum absolute atomic E-state index is 0.251. The zero-order chi connectivity index (χ0) is 17.5. The van der Waals surface area contributed by atoms with Gasteiger partial charge in [-0.15, -0.1) is 0 Å². The van der Waals surface area contributed by atoms with Gasteiger partial charge in [0.15, 0.2) is 6.10 Å². The first-order chi connectivity index (χ1) is 11.6. The van der Waals surface area contributed by atoms with Crippen molar-refractivity contribution in [2.24, 2.45) is 0 Å². The number of nitrogens with one attached hydrogen (secondary N) is 2. The molecule has 2 N–H and O–H groups in total. The lowest BCUT2D eigenvalue weighted by Gasteiger charge is -2.19. The number of aryl methyl sites for hydroxylation is 1. The molecule has 5 nitrogen and oxygen atoms in total. The van der Waals surface area contributed by atoms with Crippen LogP contribution in [0.5, 0.6) is 5.75 Å². The first-order valence-corrected chi connectivity index (χ1v) is 7.91. The molecule has 2 aromatic rings. The summed E-state index contributed by atoms with van der Waals surface area (Å²) in [5.41, 5.74) is 1.85. The minimum Gasteiger partial charge on any atom is -0.480 e. The number of carbonyl (C=O) groups excluding carboxylic acids is 2. The van der Waals surface area contributed by atoms with Crippen LogP contribution in [0.15, 0.2) is 48.5 Å². The number of hydrogen-bond acceptors (Lipinski definition) is 3. The topological polar surface area (TPSA) is 67.4 Å². The molecule has 0 heterocycles. The van der Waals surface area contributed by atoms with E-state index in [0.29, 0.717) is 23.4 Å². The molecule has 0 aliphatic heterocycles. The fourth-order valence-corrected chi connectivity index (χ4v) is 2.30. The predicted octanol–water partition coefficient (Wildman–Crippen LogP) is 3.15. The van der Waals surface area contributed by atoms with Crippen molar-refractivity contribution in [3.63, 3.8) is 0 Å². The molecule has 0 spiro atoms. The van der Waals surface area contributed by atoms with Crippen molar-refractivity contribution in [1.82, 2.24) is 5.32 Å². The number of carbonyl (C=O) groups is 2. The summed E-state index contributed by atoms with van der Waals surface area (Å²) in [6.45, 7) is 3.81. The number of para-hydroxylation sites is 2. The van der Waals surface area contributed by atoms with Gasteiger partial charge in [-0.3, -0.25) is 9.59 Å². The quantitative estimate of drug-likeness (QED) is 0.857. The second kappa shape index (κ2) is 8.15. The molecule has 2 aromatic carbocycles. The third-order valence-corrected chi connectivity index (χ3v) is 3.68. The summed E-state index contributed by atoms with van der Waals surface area (Å²) in [4.78, 5) is 24.5. The average Bonchev–Trinajstić information content (AvgIpc) is 2.60. The van der Waals surface area contributed by atoms with E-state index >= 15 is 0 Å². The lowest BCUT2D eigenvalue weighted by molar-refractivity contribution is -0.122. The third kappa shape index (κ3) is 4.13. The van der Waals surface area contributed by atoms with Crippen LogP contribution >= 0.6 is 0 Å². The Morgan fingerprint density at radius 1 is 1.08 bits per heavy atom. The van der Waals surface area contributed by atoms with Crippen molar-refractivity contribution < 1.29 is 14.3 Å². The van der Waals surface area contributed by atoms with Gasteiger partial charge in [-0.2, -0.15) is 0 Å². The highest BCUT2D eigenvalue weighted by Crippen LogP contribution is 2.20. The van der Waals surface area contributed by atoms with Crippen LogP contribution in [0.4, 0.5) is 5.69 Å². The maximum atomic E-state index is 12.6. The predicted molar refractivity (Wildman–Crippen MR) is 94.3 cm³/mol. The second-order valence-electron chi connectivity index (χ2n) is 5.39. The molecule has 24 heavy (non-hydrogen) atoms. The van der Waals surface area contributed by atoms with Crippen LogP contribution in [0.2, 0.25) is 0 Å². The lowest BCUT2D eigenvalue weighted by Crippen LogP contribution is -2.33. The van der Waals surface area contributed by atoms with E-state index in [0.717, 1.165) is 5.56 Å². The first kappa shape index (κ1) is 17.5. The van der Waals surface area contributed by atoms with Gasteiger partial charge in [-0.05, 0) is 37.1 Å². The summed E-state index contributed by atoms with van der Waals surface area (Å²) < 4.78 is 5.84. The monoisotopic (exact) mass is 326 g/mol. The van der Waals surface area contributed by atoms with Gasteiger partial charge in [0.2, 0.25) is 0 Å². The Morgan fingerprint density at radius 2 is 1.75 bits per heavy atom. The second-order valence-corrected chi connectivity index (χ2v) is 5.39. The molecule has 5 heteroatoms. The average molecular weight is 326 g/mol. The van der Waals surface area contributed by atoms with Crippen LogP contribution in [0.1, 0.15) is 29.3 Å². The van der Waals surface area contributed by atoms with Crippen molar-refractivity contribution in [3.05, 3.63) is 59.7 Å². The van der Waals surface area contributed by atoms with Crippen molar-refractivity contribution >= 4 is 17.5 Å². The van der Waals surface area contributed by atoms with Crippen LogP contribution in [0, 0.1) is 6.92 Å². The van der Waals surface area contributed by atoms with E-state index in [1.165, 1.54) is 0 Å². The molecule has 0 radical (unpaired) electrons. The fourth-order valence-electron chi connectivity index (χ4n) is 2.30. The number of hydrogen-bond donors (Lipinski definition) is 2. The number of benzene rings is 2. The smallest absolute Gasteiger partial charge is 0.265 e. The van der Waals surface area contributed by atoms with Gasteiger partial charge in [0.05, 0.1) is 11.3 Å². The zero-order valence-electron chi connectivity index (χ0n) is 14.1. The highest BCUT2D eigenvalue weighted by atomic mass is 16.5. The van der Waals surface area contributed by atoms with Crippen LogP contribution in [0.3, 0.4) is 0 Å². The molecule has 2 rings (SSSR count). The molecule has 1 unspecified atom stereocenters. The number of amides is 2. The van der Waals surface area contributed by atoms with Crippen LogP contribution in [-0.2, 0) is 4.79 Å². The summed E-state index contributed by atoms with van der Waals surface area (Å²) in [7, 11) is 1.55. The van der Waals surface area contributed by atoms with Crippen molar-refractivity contribution in [2.45, 2.75) is 26.4 Å². The minimum atomic E-state index is -0.635. The highest BCUT2D eigenvalue weighted by Gasteiger charge is 2.21. The van der Waals surface area contributed by atoms with Crippen LogP contribution in [0.25, 0.3) is 0 Å². The molecule has 0 saturated carbocycles. The van der Waals surface area contributed by atoms with Gasteiger partial charge in [0.1, 0.15) is 5.75 Å². The van der Waals surface area contributed by atoms with E-state index in [-0.39, 0.29) is 11.8 Å². The van der Waals surface area contributed by atoms with Gasteiger partial charge >= 0.3 is 0 Å². The molecular weight excluding hydrogens is 304 g/mol. The van der Waals surface area contributed by atoms with E-state index in [2.05, 4.69) is 10.6 Å². The molecule has 2 amide bonds. The molecule has 0 aliphatic carbocycles. The molecule has 0 saturated heterocycles. The Balaban J connectivity index is 2.16. The number of rotatable bonds is 6. The normalized spacial score (nSPS) is 11.5. The summed E-state index contributed by atoms with van der Waals surface area (Å²) in [6.07, 6.45) is -0.119. The molecule has 0 aliphatic rings. The molecule has 1 atom stereocenters. The maximum Gasteiger partial charge on any atom is 0.265 e. The van der Waals surface area contributed by atoms with Gasteiger partial charge in [-0.1, -0.05) is 37.3 Å². The SMILES string of the molecule is CCC(Oc1ccccc1C)C(=O)Nc1ccccc1C(=O)NC. The highest BCUT2D eigenvalue weighted by molar-refractivity contribution is 6.04. The lowest BCUT2D eigenvalue weighted by atomic mass is 10.1. The Bertz CT molecular complexity index is 728. The van der Waals surface area contributed by atoms with Crippen molar-refractivity contribution in [1.29, 1.82) is 0 Å². The van der Waals surface area contributed by atoms with Gasteiger partial charge in [0, 0.05) is 7.05 Å². The van der Waals surface area contributed by atoms with Crippen LogP contribution in [-0.4, -0.2) is 25.0 Å². The molecular formula is C19H22N2O3. The number of ether oxygens (including phenoxy) is 1. The van der Waals surface area contributed by atoms with Gasteiger partial charge in [-0.25, -0.2) is 0 Å². The fraction of sp³-hybridized carbons (Fsp3) is 0.263. The third-order valence-electron chi connectivity index (χ3n) is 3.68. The first-order valence-electron chi connectivity index (χ1n) is 7.91. The van der Waals surface area contributed by atoms with Crippen molar-refractivity contribution in [3.8, 4) is 5.75 Å². The van der Waals surface area contributed by atoms with Gasteiger partial charge in [0.25, 0.3) is 11.8 Å². The maximum absolute atomic E-state index is 12.6. The Labute approximate surface area is 142 Å².